The maximum Gasteiger partial charge on any atom is 0.312 e. The normalized spacial score (nSPS) is 17.4. The Hall–Kier alpha value is -2.33. The monoisotopic (exact) mass is 270 g/mol. The molecule has 2 aromatic carbocycles. The number of hydrogen-bond donors (Lipinski definition) is 1. The van der Waals surface area contributed by atoms with E-state index in [0.717, 1.165) is 11.1 Å². The molecule has 4 heteroatoms. The minimum atomic E-state index is -0.854. The summed E-state index contributed by atoms with van der Waals surface area (Å²) >= 11 is 0. The van der Waals surface area contributed by atoms with Crippen LogP contribution in [0.2, 0.25) is 0 Å². The summed E-state index contributed by atoms with van der Waals surface area (Å²) in [5.74, 6) is -0.255. The minimum Gasteiger partial charge on any atom is -0.507 e. The first kappa shape index (κ1) is 12.7. The number of phenolic OH excluding ortho intramolecular Hbond substituents is 1. The molecule has 3 rings (SSSR count). The Balaban J connectivity index is 1.82. The van der Waals surface area contributed by atoms with Crippen LogP contribution < -0.4 is 0 Å². The van der Waals surface area contributed by atoms with Gasteiger partial charge in [0.15, 0.2) is 0 Å². The number of phenols is 1. The van der Waals surface area contributed by atoms with Gasteiger partial charge in [0.1, 0.15) is 5.75 Å². The Bertz CT molecular complexity index is 622. The van der Waals surface area contributed by atoms with Gasteiger partial charge in [-0.15, -0.1) is 0 Å². The molecule has 1 unspecified atom stereocenters. The van der Waals surface area contributed by atoms with Crippen molar-refractivity contribution < 1.29 is 19.4 Å². The molecule has 102 valence electrons. The second-order valence-corrected chi connectivity index (χ2v) is 4.65. The van der Waals surface area contributed by atoms with Gasteiger partial charge in [0.25, 0.3) is 0 Å². The van der Waals surface area contributed by atoms with Crippen molar-refractivity contribution in [3.8, 4) is 5.75 Å². The fourth-order valence-corrected chi connectivity index (χ4v) is 2.26. The third-order valence-corrected chi connectivity index (χ3v) is 3.23. The van der Waals surface area contributed by atoms with Crippen LogP contribution >= 0.6 is 0 Å². The molecular formula is C16H14O4. The van der Waals surface area contributed by atoms with E-state index in [-0.39, 0.29) is 18.1 Å². The summed E-state index contributed by atoms with van der Waals surface area (Å²) in [6, 6.07) is 14.7. The van der Waals surface area contributed by atoms with Gasteiger partial charge in [-0.2, -0.15) is 0 Å². The number of esters is 1. The molecule has 0 saturated carbocycles. The molecule has 0 aromatic heterocycles. The van der Waals surface area contributed by atoms with Crippen molar-refractivity contribution in [2.45, 2.75) is 19.3 Å². The molecule has 1 aliphatic rings. The molecule has 0 saturated heterocycles. The van der Waals surface area contributed by atoms with Crippen molar-refractivity contribution >= 4 is 5.97 Å². The Morgan fingerprint density at radius 3 is 2.75 bits per heavy atom. The highest BCUT2D eigenvalue weighted by molar-refractivity contribution is 5.75. The van der Waals surface area contributed by atoms with E-state index in [1.807, 2.05) is 30.3 Å². The number of carbonyl (C=O) groups excluding carboxylic acids is 1. The Labute approximate surface area is 116 Å². The zero-order chi connectivity index (χ0) is 13.9. The number of carbonyl (C=O) groups is 1. The maximum absolute atomic E-state index is 11.6. The van der Waals surface area contributed by atoms with E-state index >= 15 is 0 Å². The van der Waals surface area contributed by atoms with Crippen molar-refractivity contribution in [1.29, 1.82) is 0 Å². The van der Waals surface area contributed by atoms with Crippen LogP contribution in [0.3, 0.4) is 0 Å². The van der Waals surface area contributed by atoms with Gasteiger partial charge in [-0.1, -0.05) is 42.5 Å². The summed E-state index contributed by atoms with van der Waals surface area (Å²) in [7, 11) is 0. The van der Waals surface area contributed by atoms with Crippen molar-refractivity contribution in [2.75, 3.05) is 0 Å². The predicted octanol–water partition coefficient (Wildman–Crippen LogP) is 2.71. The van der Waals surface area contributed by atoms with E-state index in [1.54, 1.807) is 18.2 Å². The second kappa shape index (κ2) is 5.35. The first-order valence-electron chi connectivity index (χ1n) is 6.40. The Kier molecular flexibility index (Phi) is 3.39. The standard InChI is InChI=1S/C16H14O4/c17-13-8-4-7-12-9-14(18)20-16(15(12)13)19-10-11-5-2-1-3-6-11/h1-8,16-17H,9-10H2. The summed E-state index contributed by atoms with van der Waals surface area (Å²) in [4.78, 5) is 11.6. The fraction of sp³-hybridized carbons (Fsp3) is 0.188. The SMILES string of the molecule is O=C1Cc2cccc(O)c2C(OCc2ccccc2)O1. The fourth-order valence-electron chi connectivity index (χ4n) is 2.26. The van der Waals surface area contributed by atoms with Crippen molar-refractivity contribution in [1.82, 2.24) is 0 Å². The molecule has 1 heterocycles. The van der Waals surface area contributed by atoms with E-state index < -0.39 is 6.29 Å². The molecule has 0 radical (unpaired) electrons. The van der Waals surface area contributed by atoms with Gasteiger partial charge < -0.3 is 14.6 Å². The van der Waals surface area contributed by atoms with Crippen molar-refractivity contribution in [2.24, 2.45) is 0 Å². The predicted molar refractivity (Wildman–Crippen MR) is 71.9 cm³/mol. The molecule has 0 spiro atoms. The van der Waals surface area contributed by atoms with Gasteiger partial charge >= 0.3 is 5.97 Å². The van der Waals surface area contributed by atoms with Gasteiger partial charge in [0.2, 0.25) is 6.29 Å². The molecule has 2 aromatic rings. The molecule has 1 N–H and O–H groups in total. The van der Waals surface area contributed by atoms with Crippen LogP contribution in [0.5, 0.6) is 5.75 Å². The molecule has 0 fully saturated rings. The summed E-state index contributed by atoms with van der Waals surface area (Å²) in [5, 5.41) is 9.94. The summed E-state index contributed by atoms with van der Waals surface area (Å²) in [5.41, 5.74) is 2.27. The van der Waals surface area contributed by atoms with E-state index in [9.17, 15) is 9.90 Å². The number of fused-ring (bicyclic) bond motifs is 1. The summed E-state index contributed by atoms with van der Waals surface area (Å²) in [6.45, 7) is 0.312. The summed E-state index contributed by atoms with van der Waals surface area (Å²) in [6.07, 6.45) is -0.692. The number of aromatic hydroxyl groups is 1. The van der Waals surface area contributed by atoms with E-state index in [4.69, 9.17) is 9.47 Å². The van der Waals surface area contributed by atoms with Crippen LogP contribution in [0.25, 0.3) is 0 Å². The lowest BCUT2D eigenvalue weighted by atomic mass is 10.0. The highest BCUT2D eigenvalue weighted by Gasteiger charge is 2.29. The average molecular weight is 270 g/mol. The molecular weight excluding hydrogens is 256 g/mol. The van der Waals surface area contributed by atoms with Crippen LogP contribution in [-0.4, -0.2) is 11.1 Å². The minimum absolute atomic E-state index is 0.0908. The average Bonchev–Trinajstić information content (AvgIpc) is 2.45. The smallest absolute Gasteiger partial charge is 0.312 e. The maximum atomic E-state index is 11.6. The van der Waals surface area contributed by atoms with Gasteiger partial charge in [-0.3, -0.25) is 4.79 Å². The Morgan fingerprint density at radius 1 is 1.15 bits per heavy atom. The van der Waals surface area contributed by atoms with Gasteiger partial charge in [-0.05, 0) is 17.2 Å². The zero-order valence-corrected chi connectivity index (χ0v) is 10.8. The number of cyclic esters (lactones) is 1. The van der Waals surface area contributed by atoms with Crippen LogP contribution in [0.1, 0.15) is 23.0 Å². The number of rotatable bonds is 3. The lowest BCUT2D eigenvalue weighted by Crippen LogP contribution is -2.23. The molecule has 20 heavy (non-hydrogen) atoms. The Morgan fingerprint density at radius 2 is 1.95 bits per heavy atom. The van der Waals surface area contributed by atoms with E-state index in [1.165, 1.54) is 0 Å². The highest BCUT2D eigenvalue weighted by atomic mass is 16.7. The van der Waals surface area contributed by atoms with Gasteiger partial charge in [-0.25, -0.2) is 0 Å². The van der Waals surface area contributed by atoms with Crippen molar-refractivity contribution in [3.05, 3.63) is 65.2 Å². The topological polar surface area (TPSA) is 55.8 Å². The summed E-state index contributed by atoms with van der Waals surface area (Å²) < 4.78 is 10.8. The lowest BCUT2D eigenvalue weighted by Gasteiger charge is -2.26. The molecule has 0 amide bonds. The third kappa shape index (κ3) is 2.51. The van der Waals surface area contributed by atoms with Crippen LogP contribution in [0, 0.1) is 0 Å². The van der Waals surface area contributed by atoms with Crippen LogP contribution in [0.15, 0.2) is 48.5 Å². The molecule has 1 aliphatic heterocycles. The lowest BCUT2D eigenvalue weighted by molar-refractivity contribution is -0.187. The molecule has 1 atom stereocenters. The largest absolute Gasteiger partial charge is 0.507 e. The number of hydrogen-bond acceptors (Lipinski definition) is 4. The van der Waals surface area contributed by atoms with E-state index in [0.29, 0.717) is 12.2 Å². The first-order valence-corrected chi connectivity index (χ1v) is 6.40. The van der Waals surface area contributed by atoms with Crippen LogP contribution in [0.4, 0.5) is 0 Å². The van der Waals surface area contributed by atoms with Crippen molar-refractivity contribution in [3.63, 3.8) is 0 Å². The third-order valence-electron chi connectivity index (χ3n) is 3.23. The second-order valence-electron chi connectivity index (χ2n) is 4.65. The molecule has 0 aliphatic carbocycles. The first-order chi connectivity index (χ1) is 9.74. The number of benzene rings is 2. The van der Waals surface area contributed by atoms with Crippen LogP contribution in [-0.2, 0) is 27.3 Å². The highest BCUT2D eigenvalue weighted by Crippen LogP contribution is 2.35. The van der Waals surface area contributed by atoms with Gasteiger partial charge in [0.05, 0.1) is 18.6 Å². The number of ether oxygens (including phenoxy) is 2. The molecule has 4 nitrogen and oxygen atoms in total. The quantitative estimate of drug-likeness (QED) is 0.871. The molecule has 0 bridgehead atoms. The van der Waals surface area contributed by atoms with Gasteiger partial charge in [0, 0.05) is 0 Å². The van der Waals surface area contributed by atoms with E-state index in [2.05, 4.69) is 0 Å². The zero-order valence-electron chi connectivity index (χ0n) is 10.8.